The van der Waals surface area contributed by atoms with Gasteiger partial charge in [0.2, 0.25) is 0 Å². The maximum atomic E-state index is 11.9. The molecule has 7 heteroatoms. The molecule has 0 amide bonds. The van der Waals surface area contributed by atoms with Gasteiger partial charge in [-0.3, -0.25) is 4.79 Å². The van der Waals surface area contributed by atoms with E-state index >= 15 is 0 Å². The van der Waals surface area contributed by atoms with Crippen LogP contribution in [0.15, 0.2) is 12.1 Å². The van der Waals surface area contributed by atoms with Crippen molar-refractivity contribution in [1.82, 2.24) is 0 Å². The molecule has 6 nitrogen and oxygen atoms in total. The lowest BCUT2D eigenvalue weighted by Crippen LogP contribution is -2.14. The molecule has 0 radical (unpaired) electrons. The fourth-order valence-corrected chi connectivity index (χ4v) is 2.52. The van der Waals surface area contributed by atoms with Crippen molar-refractivity contribution in [1.29, 1.82) is 0 Å². The summed E-state index contributed by atoms with van der Waals surface area (Å²) in [4.78, 5) is 15.2. The predicted molar refractivity (Wildman–Crippen MR) is 99.5 cm³/mol. The number of rotatable bonds is 12. The largest absolute Gasteiger partial charge is 0.507 e. The summed E-state index contributed by atoms with van der Waals surface area (Å²) < 4.78 is 26.8. The highest BCUT2D eigenvalue weighted by Gasteiger charge is 2.20. The highest BCUT2D eigenvalue weighted by molar-refractivity contribution is 5.69. The number of carbonyl (C=O) groups is 1. The van der Waals surface area contributed by atoms with Crippen LogP contribution in [0, 0.1) is 6.92 Å². The molecule has 0 unspecified atom stereocenters. The average Bonchev–Trinajstić information content (AvgIpc) is 2.60. The fraction of sp³-hybridized carbons (Fsp3) is 0.650. The van der Waals surface area contributed by atoms with Crippen molar-refractivity contribution in [2.75, 3.05) is 39.6 Å². The van der Waals surface area contributed by atoms with Crippen molar-refractivity contribution in [2.24, 2.45) is 0 Å². The van der Waals surface area contributed by atoms with Crippen LogP contribution in [0.3, 0.4) is 0 Å². The Morgan fingerprint density at radius 3 is 2.22 bits per heavy atom. The summed E-state index contributed by atoms with van der Waals surface area (Å²) >= 11 is 0. The Bertz CT molecular complexity index is 583. The summed E-state index contributed by atoms with van der Waals surface area (Å²) in [7, 11) is 0. The minimum absolute atomic E-state index is 0.102. The van der Waals surface area contributed by atoms with Gasteiger partial charge in [-0.15, -0.1) is 0 Å². The third-order valence-electron chi connectivity index (χ3n) is 3.95. The molecule has 1 aromatic carbocycles. The normalized spacial score (nSPS) is 11.6. The number of phenols is 1. The van der Waals surface area contributed by atoms with Gasteiger partial charge in [-0.25, -0.2) is 0 Å². The highest BCUT2D eigenvalue weighted by atomic mass is 19.3. The topological polar surface area (TPSA) is 74.2 Å². The van der Waals surface area contributed by atoms with E-state index in [9.17, 15) is 14.4 Å². The zero-order valence-corrected chi connectivity index (χ0v) is 16.7. The Balaban J connectivity index is 2.28. The fourth-order valence-electron chi connectivity index (χ4n) is 2.52. The molecule has 0 spiro atoms. The zero-order chi connectivity index (χ0) is 20.3. The van der Waals surface area contributed by atoms with Crippen LogP contribution in [-0.2, 0) is 35.8 Å². The van der Waals surface area contributed by atoms with Crippen molar-refractivity contribution < 1.29 is 33.6 Å². The zero-order valence-electron chi connectivity index (χ0n) is 16.7. The molecule has 0 saturated carbocycles. The van der Waals surface area contributed by atoms with Crippen LogP contribution < -0.4 is 0 Å². The molecule has 154 valence electrons. The van der Waals surface area contributed by atoms with E-state index in [1.54, 1.807) is 0 Å². The molecule has 0 aliphatic rings. The molecule has 1 N–H and O–H groups in total. The van der Waals surface area contributed by atoms with Crippen molar-refractivity contribution >= 4 is 5.97 Å². The van der Waals surface area contributed by atoms with E-state index in [0.717, 1.165) is 16.7 Å². The molecule has 0 bridgehead atoms. The smallest absolute Gasteiger partial charge is 0.306 e. The second kappa shape index (κ2) is 11.9. The first-order valence-electron chi connectivity index (χ1n) is 9.13. The number of aryl methyl sites for hydroxylation is 2. The molecule has 1 rings (SSSR count). The van der Waals surface area contributed by atoms with Crippen molar-refractivity contribution in [3.8, 4) is 5.75 Å². The number of phenolic OH excluding ortho intramolecular Hbond substituents is 1. The number of esters is 1. The number of hydrogen-bond acceptors (Lipinski definition) is 6. The number of ether oxygens (including phenoxy) is 3. The monoisotopic (exact) mass is 386 g/mol. The average molecular weight is 386 g/mol. The Morgan fingerprint density at radius 1 is 1.04 bits per heavy atom. The van der Waals surface area contributed by atoms with Crippen LogP contribution in [0.4, 0.5) is 4.53 Å². The molecule has 27 heavy (non-hydrogen) atoms. The molecule has 0 fully saturated rings. The molecule has 1 aromatic rings. The summed E-state index contributed by atoms with van der Waals surface area (Å²) in [6.07, 6.45) is 0.814. The lowest BCUT2D eigenvalue weighted by atomic mass is 9.83. The second-order valence-electron chi connectivity index (χ2n) is 7.32. The molecule has 0 aliphatic heterocycles. The van der Waals surface area contributed by atoms with Gasteiger partial charge in [0.25, 0.3) is 0 Å². The molecule has 0 atom stereocenters. The molecule has 0 heterocycles. The van der Waals surface area contributed by atoms with Crippen LogP contribution in [0.5, 0.6) is 5.75 Å². The summed E-state index contributed by atoms with van der Waals surface area (Å²) in [5.74, 6) is 0.0187. The second-order valence-corrected chi connectivity index (χ2v) is 7.32. The van der Waals surface area contributed by atoms with E-state index < -0.39 is 0 Å². The van der Waals surface area contributed by atoms with Gasteiger partial charge in [0, 0.05) is 6.42 Å². The quantitative estimate of drug-likeness (QED) is 0.438. The first kappa shape index (κ1) is 23.3. The third-order valence-corrected chi connectivity index (χ3v) is 3.95. The summed E-state index contributed by atoms with van der Waals surface area (Å²) in [5, 5.41) is 10.2. The summed E-state index contributed by atoms with van der Waals surface area (Å²) in [6, 6.07) is 3.85. The van der Waals surface area contributed by atoms with E-state index in [4.69, 9.17) is 14.2 Å². The van der Waals surface area contributed by atoms with Gasteiger partial charge in [-0.1, -0.05) is 32.9 Å². The van der Waals surface area contributed by atoms with E-state index in [-0.39, 0.29) is 44.2 Å². The number of benzene rings is 1. The highest BCUT2D eigenvalue weighted by Crippen LogP contribution is 2.34. The number of aromatic hydroxyl groups is 1. The SMILES string of the molecule is Cc1cc(CCC(=O)OCCOCCOCCOF)cc(C(C)(C)C)c1O. The van der Waals surface area contributed by atoms with Gasteiger partial charge in [0.05, 0.1) is 26.4 Å². The van der Waals surface area contributed by atoms with E-state index in [2.05, 4.69) is 4.94 Å². The molecular weight excluding hydrogens is 355 g/mol. The Hall–Kier alpha value is -1.70. The minimum Gasteiger partial charge on any atom is -0.507 e. The first-order valence-corrected chi connectivity index (χ1v) is 9.13. The van der Waals surface area contributed by atoms with Crippen molar-refractivity contribution in [3.63, 3.8) is 0 Å². The summed E-state index contributed by atoms with van der Waals surface area (Å²) in [6.45, 7) is 9.17. The van der Waals surface area contributed by atoms with Gasteiger partial charge in [-0.2, -0.15) is 4.94 Å². The molecular formula is C20H31FO6. The van der Waals surface area contributed by atoms with Gasteiger partial charge in [0.1, 0.15) is 19.0 Å². The molecule has 0 aromatic heterocycles. The van der Waals surface area contributed by atoms with Crippen LogP contribution in [0.25, 0.3) is 0 Å². The van der Waals surface area contributed by atoms with Crippen LogP contribution in [0.1, 0.15) is 43.9 Å². The first-order chi connectivity index (χ1) is 12.8. The van der Waals surface area contributed by atoms with Gasteiger partial charge in [-0.05, 0) is 40.0 Å². The lowest BCUT2D eigenvalue weighted by Gasteiger charge is -2.22. The van der Waals surface area contributed by atoms with E-state index in [1.807, 2.05) is 39.8 Å². The van der Waals surface area contributed by atoms with Gasteiger partial charge < -0.3 is 19.3 Å². The van der Waals surface area contributed by atoms with Crippen LogP contribution in [0.2, 0.25) is 0 Å². The summed E-state index contributed by atoms with van der Waals surface area (Å²) in [5.41, 5.74) is 2.50. The minimum atomic E-state index is -0.294. The van der Waals surface area contributed by atoms with Gasteiger partial charge >= 0.3 is 5.97 Å². The Morgan fingerprint density at radius 2 is 1.63 bits per heavy atom. The van der Waals surface area contributed by atoms with E-state index in [1.165, 1.54) is 0 Å². The number of hydrogen-bond donors (Lipinski definition) is 1. The lowest BCUT2D eigenvalue weighted by molar-refractivity contribution is -0.148. The molecule has 0 saturated heterocycles. The maximum Gasteiger partial charge on any atom is 0.306 e. The molecule has 0 aliphatic carbocycles. The third kappa shape index (κ3) is 9.17. The standard InChI is InChI=1S/C20H31FO6/c1-15-13-16(14-17(19(15)23)20(2,3)4)5-6-18(22)26-11-9-24-7-8-25-10-12-27-21/h13-14,23H,5-12H2,1-4H3. The van der Waals surface area contributed by atoms with E-state index in [0.29, 0.717) is 25.4 Å². The maximum absolute atomic E-state index is 11.9. The Labute approximate surface area is 160 Å². The van der Waals surface area contributed by atoms with Crippen LogP contribution >= 0.6 is 0 Å². The van der Waals surface area contributed by atoms with Gasteiger partial charge in [0.15, 0.2) is 0 Å². The predicted octanol–water partition coefficient (Wildman–Crippen LogP) is 3.41. The number of carbonyl (C=O) groups excluding carboxylic acids is 1. The number of halogens is 1. The Kier molecular flexibility index (Phi) is 10.3. The van der Waals surface area contributed by atoms with Crippen molar-refractivity contribution in [2.45, 2.75) is 46.0 Å². The van der Waals surface area contributed by atoms with Crippen molar-refractivity contribution in [3.05, 3.63) is 28.8 Å². The van der Waals surface area contributed by atoms with Crippen LogP contribution in [-0.4, -0.2) is 50.7 Å².